The fourth-order valence-electron chi connectivity index (χ4n) is 4.24. The molecular formula is C26H37BrN2O. The van der Waals surface area contributed by atoms with Gasteiger partial charge in [-0.3, -0.25) is 0 Å². The minimum atomic E-state index is 0.706. The van der Waals surface area contributed by atoms with Crippen molar-refractivity contribution < 1.29 is 4.74 Å². The monoisotopic (exact) mass is 472 g/mol. The molecule has 0 radical (unpaired) electrons. The SMILES string of the molecule is CCCCCCCCCc1cnc(-c2ccc(OCC3CCCCC3)c(Br)c2)nc1. The Morgan fingerprint density at radius 1 is 0.933 bits per heavy atom. The minimum Gasteiger partial charge on any atom is -0.492 e. The molecule has 1 saturated carbocycles. The molecule has 30 heavy (non-hydrogen) atoms. The number of benzene rings is 1. The Balaban J connectivity index is 1.45. The highest BCUT2D eigenvalue weighted by molar-refractivity contribution is 9.10. The van der Waals surface area contributed by atoms with Crippen LogP contribution in [0.5, 0.6) is 5.75 Å². The van der Waals surface area contributed by atoms with Crippen molar-refractivity contribution in [3.8, 4) is 17.1 Å². The molecule has 1 heterocycles. The number of ether oxygens (including phenoxy) is 1. The lowest BCUT2D eigenvalue weighted by atomic mass is 9.90. The lowest BCUT2D eigenvalue weighted by Gasteiger charge is -2.22. The van der Waals surface area contributed by atoms with Crippen LogP contribution in [0.25, 0.3) is 11.4 Å². The van der Waals surface area contributed by atoms with E-state index in [2.05, 4.69) is 45.0 Å². The van der Waals surface area contributed by atoms with Crippen LogP contribution in [0.4, 0.5) is 0 Å². The maximum atomic E-state index is 6.08. The minimum absolute atomic E-state index is 0.706. The molecule has 164 valence electrons. The Morgan fingerprint density at radius 3 is 2.33 bits per heavy atom. The van der Waals surface area contributed by atoms with Gasteiger partial charge in [0.15, 0.2) is 5.82 Å². The summed E-state index contributed by atoms with van der Waals surface area (Å²) >= 11 is 3.67. The molecule has 0 spiro atoms. The fraction of sp³-hybridized carbons (Fsp3) is 0.615. The van der Waals surface area contributed by atoms with E-state index in [0.717, 1.165) is 34.6 Å². The predicted octanol–water partition coefficient (Wildman–Crippen LogP) is 8.16. The van der Waals surface area contributed by atoms with Gasteiger partial charge in [-0.15, -0.1) is 0 Å². The second-order valence-corrected chi connectivity index (χ2v) is 9.60. The van der Waals surface area contributed by atoms with Crippen molar-refractivity contribution in [2.24, 2.45) is 5.92 Å². The summed E-state index contributed by atoms with van der Waals surface area (Å²) in [4.78, 5) is 9.21. The van der Waals surface area contributed by atoms with Gasteiger partial charge in [0, 0.05) is 18.0 Å². The summed E-state index contributed by atoms with van der Waals surface area (Å²) in [7, 11) is 0. The highest BCUT2D eigenvalue weighted by Gasteiger charge is 2.15. The van der Waals surface area contributed by atoms with E-state index in [1.165, 1.54) is 82.6 Å². The molecule has 0 N–H and O–H groups in total. The molecule has 0 unspecified atom stereocenters. The summed E-state index contributed by atoms with van der Waals surface area (Å²) in [6.07, 6.45) is 21.1. The van der Waals surface area contributed by atoms with Crippen molar-refractivity contribution in [3.05, 3.63) is 40.6 Å². The van der Waals surface area contributed by atoms with Gasteiger partial charge < -0.3 is 4.74 Å². The number of nitrogens with zero attached hydrogens (tertiary/aromatic N) is 2. The van der Waals surface area contributed by atoms with Crippen molar-refractivity contribution in [2.45, 2.75) is 90.4 Å². The smallest absolute Gasteiger partial charge is 0.159 e. The number of aryl methyl sites for hydroxylation is 1. The van der Waals surface area contributed by atoms with Crippen LogP contribution in [-0.2, 0) is 6.42 Å². The van der Waals surface area contributed by atoms with Crippen LogP contribution >= 0.6 is 15.9 Å². The van der Waals surface area contributed by atoms with Crippen molar-refractivity contribution in [3.63, 3.8) is 0 Å². The summed E-state index contributed by atoms with van der Waals surface area (Å²) in [6.45, 7) is 3.09. The Hall–Kier alpha value is -1.42. The lowest BCUT2D eigenvalue weighted by molar-refractivity contribution is 0.208. The zero-order valence-corrected chi connectivity index (χ0v) is 20.1. The largest absolute Gasteiger partial charge is 0.492 e. The molecule has 1 aliphatic carbocycles. The van der Waals surface area contributed by atoms with Crippen LogP contribution in [-0.4, -0.2) is 16.6 Å². The Kier molecular flexibility index (Phi) is 10.1. The Bertz CT molecular complexity index is 741. The van der Waals surface area contributed by atoms with Crippen LogP contribution in [0.2, 0.25) is 0 Å². The molecule has 1 aromatic carbocycles. The van der Waals surface area contributed by atoms with Crippen molar-refractivity contribution in [2.75, 3.05) is 6.61 Å². The quantitative estimate of drug-likeness (QED) is 0.292. The van der Waals surface area contributed by atoms with Crippen LogP contribution in [0.1, 0.15) is 89.5 Å². The second-order valence-electron chi connectivity index (χ2n) is 8.75. The summed E-state index contributed by atoms with van der Waals surface area (Å²) in [5.74, 6) is 2.40. The summed E-state index contributed by atoms with van der Waals surface area (Å²) < 4.78 is 7.06. The van der Waals surface area contributed by atoms with E-state index in [0.29, 0.717) is 5.92 Å². The van der Waals surface area contributed by atoms with Crippen LogP contribution < -0.4 is 4.74 Å². The molecule has 0 atom stereocenters. The molecule has 0 bridgehead atoms. The molecule has 0 saturated heterocycles. The van der Waals surface area contributed by atoms with Crippen molar-refractivity contribution in [1.82, 2.24) is 9.97 Å². The second kappa shape index (κ2) is 13.1. The van der Waals surface area contributed by atoms with Gasteiger partial charge in [-0.2, -0.15) is 0 Å². The maximum absolute atomic E-state index is 6.08. The van der Waals surface area contributed by atoms with Crippen LogP contribution in [0.15, 0.2) is 35.1 Å². The third-order valence-corrected chi connectivity index (χ3v) is 6.78. The predicted molar refractivity (Wildman–Crippen MR) is 129 cm³/mol. The Labute approximate surface area is 191 Å². The van der Waals surface area contributed by atoms with Gasteiger partial charge in [0.2, 0.25) is 0 Å². The van der Waals surface area contributed by atoms with E-state index in [4.69, 9.17) is 4.74 Å². The first-order valence-corrected chi connectivity index (χ1v) is 12.8. The van der Waals surface area contributed by atoms with Gasteiger partial charge in [0.05, 0.1) is 11.1 Å². The van der Waals surface area contributed by atoms with E-state index >= 15 is 0 Å². The molecule has 0 aliphatic heterocycles. The average molecular weight is 473 g/mol. The third kappa shape index (κ3) is 7.68. The summed E-state index contributed by atoms with van der Waals surface area (Å²) in [6, 6.07) is 6.17. The lowest BCUT2D eigenvalue weighted by Crippen LogP contribution is -2.15. The topological polar surface area (TPSA) is 35.0 Å². The number of rotatable bonds is 12. The first-order valence-electron chi connectivity index (χ1n) is 12.0. The molecule has 3 nitrogen and oxygen atoms in total. The molecule has 1 aliphatic rings. The Morgan fingerprint density at radius 2 is 1.63 bits per heavy atom. The number of halogens is 1. The normalized spacial score (nSPS) is 14.7. The summed E-state index contributed by atoms with van der Waals surface area (Å²) in [5.41, 5.74) is 2.26. The first-order chi connectivity index (χ1) is 14.8. The van der Waals surface area contributed by atoms with Gasteiger partial charge in [-0.05, 0) is 71.3 Å². The van der Waals surface area contributed by atoms with Gasteiger partial charge in [0.25, 0.3) is 0 Å². The number of unbranched alkanes of at least 4 members (excludes halogenated alkanes) is 6. The summed E-state index contributed by atoms with van der Waals surface area (Å²) in [5, 5.41) is 0. The van der Waals surface area contributed by atoms with Crippen molar-refractivity contribution in [1.29, 1.82) is 0 Å². The fourth-order valence-corrected chi connectivity index (χ4v) is 4.73. The highest BCUT2D eigenvalue weighted by atomic mass is 79.9. The first kappa shape index (κ1) is 23.2. The van der Waals surface area contributed by atoms with Gasteiger partial charge >= 0.3 is 0 Å². The molecule has 1 fully saturated rings. The molecule has 1 aromatic heterocycles. The number of aromatic nitrogens is 2. The van der Waals surface area contributed by atoms with Crippen LogP contribution in [0, 0.1) is 5.92 Å². The molecule has 3 rings (SSSR count). The van der Waals surface area contributed by atoms with E-state index in [9.17, 15) is 0 Å². The van der Waals surface area contributed by atoms with Crippen LogP contribution in [0.3, 0.4) is 0 Å². The standard InChI is InChI=1S/C26H37BrN2O/c1-2-3-4-5-6-7-9-14-22-18-28-26(29-19-22)23-15-16-25(24(27)17-23)30-20-21-12-10-8-11-13-21/h15-19,21H,2-14,20H2,1H3. The van der Waals surface area contributed by atoms with Crippen molar-refractivity contribution >= 4 is 15.9 Å². The van der Waals surface area contributed by atoms with Gasteiger partial charge in [-0.25, -0.2) is 9.97 Å². The van der Waals surface area contributed by atoms with Gasteiger partial charge in [0.1, 0.15) is 5.75 Å². The molecule has 0 amide bonds. The van der Waals surface area contributed by atoms with E-state index in [1.54, 1.807) is 0 Å². The number of hydrogen-bond donors (Lipinski definition) is 0. The van der Waals surface area contributed by atoms with E-state index in [-0.39, 0.29) is 0 Å². The molecule has 2 aromatic rings. The molecular weight excluding hydrogens is 436 g/mol. The van der Waals surface area contributed by atoms with Gasteiger partial charge in [-0.1, -0.05) is 64.7 Å². The van der Waals surface area contributed by atoms with E-state index < -0.39 is 0 Å². The maximum Gasteiger partial charge on any atom is 0.159 e. The van der Waals surface area contributed by atoms with E-state index in [1.807, 2.05) is 18.5 Å². The zero-order valence-electron chi connectivity index (χ0n) is 18.5. The molecule has 4 heteroatoms. The highest BCUT2D eigenvalue weighted by Crippen LogP contribution is 2.31. The number of hydrogen-bond acceptors (Lipinski definition) is 3. The third-order valence-electron chi connectivity index (χ3n) is 6.16. The average Bonchev–Trinajstić information content (AvgIpc) is 2.79. The zero-order chi connectivity index (χ0) is 21.0.